The van der Waals surface area contributed by atoms with Crippen LogP contribution in [0.2, 0.25) is 10.0 Å². The molecule has 0 aliphatic heterocycles. The van der Waals surface area contributed by atoms with Gasteiger partial charge in [0, 0.05) is 11.1 Å². The van der Waals surface area contributed by atoms with Crippen LogP contribution in [-0.4, -0.2) is 17.1 Å². The van der Waals surface area contributed by atoms with E-state index in [1.807, 2.05) is 0 Å². The predicted molar refractivity (Wildman–Crippen MR) is 61.8 cm³/mol. The van der Waals surface area contributed by atoms with E-state index in [-0.39, 0.29) is 12.5 Å². The number of anilines is 1. The fourth-order valence-electron chi connectivity index (χ4n) is 1.18. The second-order valence-corrected chi connectivity index (χ2v) is 4.11. The third-order valence-corrected chi connectivity index (χ3v) is 2.36. The number of aliphatic carboxylic acids is 1. The molecule has 5 heteroatoms. The third-order valence-electron chi connectivity index (χ3n) is 1.81. The van der Waals surface area contributed by atoms with Crippen LogP contribution in [-0.2, 0) is 4.79 Å². The topological polar surface area (TPSA) is 49.3 Å². The van der Waals surface area contributed by atoms with E-state index in [4.69, 9.17) is 28.3 Å². The Hall–Kier alpha value is -0.930. The average Bonchev–Trinajstić information content (AvgIpc) is 2.08. The van der Waals surface area contributed by atoms with E-state index in [9.17, 15) is 4.79 Å². The molecule has 3 nitrogen and oxygen atoms in total. The highest BCUT2D eigenvalue weighted by Crippen LogP contribution is 2.26. The molecule has 0 fully saturated rings. The van der Waals surface area contributed by atoms with Crippen LogP contribution in [0.4, 0.5) is 5.69 Å². The highest BCUT2D eigenvalue weighted by molar-refractivity contribution is 6.36. The molecule has 0 saturated heterocycles. The molecule has 0 amide bonds. The van der Waals surface area contributed by atoms with Crippen LogP contribution in [0.15, 0.2) is 18.2 Å². The summed E-state index contributed by atoms with van der Waals surface area (Å²) in [7, 11) is 0. The van der Waals surface area contributed by atoms with E-state index in [0.717, 1.165) is 0 Å². The van der Waals surface area contributed by atoms with Gasteiger partial charge >= 0.3 is 5.97 Å². The van der Waals surface area contributed by atoms with Crippen molar-refractivity contribution in [3.63, 3.8) is 0 Å². The molecule has 1 unspecified atom stereocenters. The summed E-state index contributed by atoms with van der Waals surface area (Å²) in [4.78, 5) is 10.4. The fraction of sp³-hybridized carbons (Fsp3) is 0.300. The van der Waals surface area contributed by atoms with Gasteiger partial charge < -0.3 is 10.4 Å². The predicted octanol–water partition coefficient (Wildman–Crippen LogP) is 3.27. The first kappa shape index (κ1) is 12.1. The van der Waals surface area contributed by atoms with Gasteiger partial charge in [-0.15, -0.1) is 0 Å². The van der Waals surface area contributed by atoms with Crippen molar-refractivity contribution < 1.29 is 9.90 Å². The molecular weight excluding hydrogens is 237 g/mol. The number of hydrogen-bond donors (Lipinski definition) is 2. The fourth-order valence-corrected chi connectivity index (χ4v) is 1.65. The van der Waals surface area contributed by atoms with Crippen molar-refractivity contribution in [2.24, 2.45) is 0 Å². The number of nitrogens with one attached hydrogen (secondary N) is 1. The summed E-state index contributed by atoms with van der Waals surface area (Å²) in [5.41, 5.74) is 0.690. The molecule has 0 saturated carbocycles. The minimum absolute atomic E-state index is 0.0406. The summed E-state index contributed by atoms with van der Waals surface area (Å²) in [5.74, 6) is -0.847. The minimum atomic E-state index is -0.847. The van der Waals surface area contributed by atoms with Crippen LogP contribution in [0.3, 0.4) is 0 Å². The molecule has 0 aromatic heterocycles. The SMILES string of the molecule is CC(CC(=O)O)Nc1ccc(Cl)cc1Cl. The molecule has 0 aliphatic rings. The molecule has 15 heavy (non-hydrogen) atoms. The molecule has 1 aromatic carbocycles. The van der Waals surface area contributed by atoms with Crippen molar-refractivity contribution in [3.8, 4) is 0 Å². The number of benzene rings is 1. The number of carboxylic acids is 1. The van der Waals surface area contributed by atoms with Gasteiger partial charge in [0.15, 0.2) is 0 Å². The molecule has 0 heterocycles. The molecule has 2 N–H and O–H groups in total. The third kappa shape index (κ3) is 3.98. The van der Waals surface area contributed by atoms with Crippen molar-refractivity contribution in [2.75, 3.05) is 5.32 Å². The molecule has 0 aliphatic carbocycles. The first-order chi connectivity index (χ1) is 6.99. The van der Waals surface area contributed by atoms with Crippen molar-refractivity contribution in [2.45, 2.75) is 19.4 Å². The molecule has 1 aromatic rings. The molecular formula is C10H11Cl2NO2. The van der Waals surface area contributed by atoms with Crippen LogP contribution >= 0.6 is 23.2 Å². The van der Waals surface area contributed by atoms with Crippen LogP contribution in [0, 0.1) is 0 Å². The Labute approximate surface area is 98.0 Å². The monoisotopic (exact) mass is 247 g/mol. The van der Waals surface area contributed by atoms with E-state index < -0.39 is 5.97 Å². The van der Waals surface area contributed by atoms with Gasteiger partial charge in [-0.25, -0.2) is 0 Å². The first-order valence-electron chi connectivity index (χ1n) is 4.42. The van der Waals surface area contributed by atoms with Gasteiger partial charge in [-0.1, -0.05) is 23.2 Å². The zero-order valence-electron chi connectivity index (χ0n) is 8.13. The smallest absolute Gasteiger partial charge is 0.305 e. The Bertz CT molecular complexity index is 368. The lowest BCUT2D eigenvalue weighted by atomic mass is 10.2. The van der Waals surface area contributed by atoms with Gasteiger partial charge in [-0.05, 0) is 25.1 Å². The van der Waals surface area contributed by atoms with Gasteiger partial charge in [0.2, 0.25) is 0 Å². The zero-order chi connectivity index (χ0) is 11.4. The molecule has 0 spiro atoms. The summed E-state index contributed by atoms with van der Waals surface area (Å²) in [5, 5.41) is 12.6. The normalized spacial score (nSPS) is 12.2. The first-order valence-corrected chi connectivity index (χ1v) is 5.18. The van der Waals surface area contributed by atoms with Gasteiger partial charge in [0.25, 0.3) is 0 Å². The lowest BCUT2D eigenvalue weighted by Crippen LogP contribution is -2.19. The second kappa shape index (κ2) is 5.24. The number of hydrogen-bond acceptors (Lipinski definition) is 2. The zero-order valence-corrected chi connectivity index (χ0v) is 9.64. The summed E-state index contributed by atoms with van der Waals surface area (Å²) < 4.78 is 0. The Morgan fingerprint density at radius 3 is 2.73 bits per heavy atom. The van der Waals surface area contributed by atoms with Gasteiger partial charge in [-0.3, -0.25) is 4.79 Å². The highest BCUT2D eigenvalue weighted by Gasteiger charge is 2.09. The summed E-state index contributed by atoms with van der Waals surface area (Å²) in [6, 6.07) is 4.85. The lowest BCUT2D eigenvalue weighted by molar-refractivity contribution is -0.137. The van der Waals surface area contributed by atoms with Crippen LogP contribution in [0.1, 0.15) is 13.3 Å². The van der Waals surface area contributed by atoms with Crippen molar-refractivity contribution >= 4 is 34.9 Å². The molecule has 0 bridgehead atoms. The molecule has 0 radical (unpaired) electrons. The van der Waals surface area contributed by atoms with Crippen LogP contribution < -0.4 is 5.32 Å². The maximum Gasteiger partial charge on any atom is 0.305 e. The maximum absolute atomic E-state index is 10.4. The van der Waals surface area contributed by atoms with Crippen molar-refractivity contribution in [3.05, 3.63) is 28.2 Å². The largest absolute Gasteiger partial charge is 0.481 e. The maximum atomic E-state index is 10.4. The summed E-state index contributed by atoms with van der Waals surface area (Å²) in [6.45, 7) is 1.78. The Balaban J connectivity index is 2.68. The Kier molecular flexibility index (Phi) is 4.24. The molecule has 1 rings (SSSR count). The van der Waals surface area contributed by atoms with Crippen LogP contribution in [0.25, 0.3) is 0 Å². The summed E-state index contributed by atoms with van der Waals surface area (Å²) >= 11 is 11.6. The van der Waals surface area contributed by atoms with E-state index >= 15 is 0 Å². The summed E-state index contributed by atoms with van der Waals surface area (Å²) in [6.07, 6.45) is 0.0406. The van der Waals surface area contributed by atoms with Gasteiger partial charge in [0.1, 0.15) is 0 Å². The van der Waals surface area contributed by atoms with Crippen LogP contribution in [0.5, 0.6) is 0 Å². The standard InChI is InChI=1S/C10H11Cl2NO2/c1-6(4-10(14)15)13-9-3-2-7(11)5-8(9)12/h2-3,5-6,13H,4H2,1H3,(H,14,15). The number of rotatable bonds is 4. The second-order valence-electron chi connectivity index (χ2n) is 3.27. The van der Waals surface area contributed by atoms with E-state index in [0.29, 0.717) is 15.7 Å². The Morgan fingerprint density at radius 2 is 2.20 bits per heavy atom. The van der Waals surface area contributed by atoms with Crippen molar-refractivity contribution in [1.82, 2.24) is 0 Å². The molecule has 1 atom stereocenters. The van der Waals surface area contributed by atoms with E-state index in [1.54, 1.807) is 25.1 Å². The molecule has 82 valence electrons. The van der Waals surface area contributed by atoms with Gasteiger partial charge in [0.05, 0.1) is 17.1 Å². The quantitative estimate of drug-likeness (QED) is 0.859. The Morgan fingerprint density at radius 1 is 1.53 bits per heavy atom. The number of carboxylic acid groups (broad SMARTS) is 1. The van der Waals surface area contributed by atoms with E-state index in [2.05, 4.69) is 5.32 Å². The lowest BCUT2D eigenvalue weighted by Gasteiger charge is -2.14. The number of carbonyl (C=O) groups is 1. The van der Waals surface area contributed by atoms with E-state index in [1.165, 1.54) is 0 Å². The average molecular weight is 248 g/mol. The minimum Gasteiger partial charge on any atom is -0.481 e. The highest BCUT2D eigenvalue weighted by atomic mass is 35.5. The van der Waals surface area contributed by atoms with Crippen molar-refractivity contribution in [1.29, 1.82) is 0 Å². The number of halogens is 2. The van der Waals surface area contributed by atoms with Gasteiger partial charge in [-0.2, -0.15) is 0 Å².